The van der Waals surface area contributed by atoms with Crippen LogP contribution in [-0.4, -0.2) is 56.2 Å². The summed E-state index contributed by atoms with van der Waals surface area (Å²) in [6.45, 7) is 18.5. The van der Waals surface area contributed by atoms with Crippen LogP contribution in [0.15, 0.2) is 30.3 Å². The van der Waals surface area contributed by atoms with Gasteiger partial charge in [-0.15, -0.1) is 0 Å². The predicted molar refractivity (Wildman–Crippen MR) is 137 cm³/mol. The van der Waals surface area contributed by atoms with E-state index in [0.29, 0.717) is 32.5 Å². The molecule has 1 aliphatic rings. The number of amides is 2. The molecule has 0 bridgehead atoms. The summed E-state index contributed by atoms with van der Waals surface area (Å²) in [7, 11) is -1.84. The summed E-state index contributed by atoms with van der Waals surface area (Å²) in [5.41, 5.74) is -0.209. The highest BCUT2D eigenvalue weighted by Crippen LogP contribution is 2.37. The number of nitrogens with one attached hydrogen (secondary N) is 1. The minimum absolute atomic E-state index is 0.144. The van der Waals surface area contributed by atoms with E-state index in [4.69, 9.17) is 13.9 Å². The Labute approximate surface area is 206 Å². The number of rotatable bonds is 8. The van der Waals surface area contributed by atoms with Gasteiger partial charge in [0.05, 0.1) is 5.54 Å². The van der Waals surface area contributed by atoms with Gasteiger partial charge in [-0.3, -0.25) is 0 Å². The van der Waals surface area contributed by atoms with Crippen molar-refractivity contribution in [2.75, 3.05) is 19.7 Å². The average molecular weight is 493 g/mol. The molecule has 8 heteroatoms. The summed E-state index contributed by atoms with van der Waals surface area (Å²) in [5.74, 6) is 0. The van der Waals surface area contributed by atoms with Crippen LogP contribution in [0.2, 0.25) is 18.1 Å². The number of carbonyl (C=O) groups is 2. The molecule has 0 spiro atoms. The molecule has 1 unspecified atom stereocenters. The Morgan fingerprint density at radius 2 is 1.74 bits per heavy atom. The van der Waals surface area contributed by atoms with Crippen molar-refractivity contribution in [3.8, 4) is 0 Å². The van der Waals surface area contributed by atoms with Crippen LogP contribution in [0.4, 0.5) is 9.59 Å². The molecule has 1 heterocycles. The van der Waals surface area contributed by atoms with Crippen LogP contribution < -0.4 is 5.32 Å². The lowest BCUT2D eigenvalue weighted by Crippen LogP contribution is -2.51. The second-order valence-electron chi connectivity index (χ2n) is 11.8. The molecule has 2 amide bonds. The number of hydrogen-bond donors (Lipinski definition) is 1. The van der Waals surface area contributed by atoms with Crippen molar-refractivity contribution in [3.63, 3.8) is 0 Å². The molecule has 1 atom stereocenters. The fraction of sp³-hybridized carbons (Fsp3) is 0.692. The quantitative estimate of drug-likeness (QED) is 0.351. The fourth-order valence-electron chi connectivity index (χ4n) is 3.65. The first kappa shape index (κ1) is 28.2. The Morgan fingerprint density at radius 1 is 1.09 bits per heavy atom. The molecule has 1 aliphatic heterocycles. The molecule has 0 radical (unpaired) electrons. The van der Waals surface area contributed by atoms with Gasteiger partial charge in [0.2, 0.25) is 0 Å². The molecule has 1 aromatic rings. The summed E-state index contributed by atoms with van der Waals surface area (Å²) < 4.78 is 17.4. The van der Waals surface area contributed by atoms with Crippen LogP contribution in [0.1, 0.15) is 66.4 Å². The van der Waals surface area contributed by atoms with Gasteiger partial charge in [0.1, 0.15) is 12.2 Å². The molecular formula is C26H44N2O5Si. The summed E-state index contributed by atoms with van der Waals surface area (Å²) in [5, 5.41) is 3.23. The van der Waals surface area contributed by atoms with Gasteiger partial charge < -0.3 is 24.1 Å². The van der Waals surface area contributed by atoms with Crippen molar-refractivity contribution in [1.29, 1.82) is 0 Å². The number of carbonyl (C=O) groups excluding carboxylic acids is 2. The Morgan fingerprint density at radius 3 is 2.32 bits per heavy atom. The van der Waals surface area contributed by atoms with Crippen LogP contribution in [0, 0.1) is 0 Å². The second kappa shape index (κ2) is 11.1. The highest BCUT2D eigenvalue weighted by molar-refractivity contribution is 6.74. The molecule has 0 aliphatic carbocycles. The van der Waals surface area contributed by atoms with Crippen molar-refractivity contribution in [2.24, 2.45) is 0 Å². The molecule has 1 N–H and O–H groups in total. The maximum absolute atomic E-state index is 12.7. The first-order chi connectivity index (χ1) is 15.6. The van der Waals surface area contributed by atoms with E-state index in [-0.39, 0.29) is 17.7 Å². The summed E-state index contributed by atoms with van der Waals surface area (Å²) in [6, 6.07) is 9.59. The Balaban J connectivity index is 2.01. The molecule has 0 aromatic heterocycles. The minimum Gasteiger partial charge on any atom is -0.445 e. The van der Waals surface area contributed by atoms with Crippen LogP contribution in [0.5, 0.6) is 0 Å². The zero-order valence-corrected chi connectivity index (χ0v) is 23.3. The minimum atomic E-state index is -1.84. The van der Waals surface area contributed by atoms with Crippen molar-refractivity contribution in [3.05, 3.63) is 35.9 Å². The van der Waals surface area contributed by atoms with Gasteiger partial charge in [0.15, 0.2) is 8.32 Å². The summed E-state index contributed by atoms with van der Waals surface area (Å²) in [6.07, 6.45) is 1.30. The maximum Gasteiger partial charge on any atom is 0.410 e. The number of nitrogens with zero attached hydrogens (tertiary/aromatic N) is 1. The van der Waals surface area contributed by atoms with E-state index in [9.17, 15) is 9.59 Å². The van der Waals surface area contributed by atoms with E-state index in [2.05, 4.69) is 39.2 Å². The summed E-state index contributed by atoms with van der Waals surface area (Å²) in [4.78, 5) is 27.0. The van der Waals surface area contributed by atoms with Gasteiger partial charge in [0.25, 0.3) is 0 Å². The first-order valence-corrected chi connectivity index (χ1v) is 15.1. The van der Waals surface area contributed by atoms with Gasteiger partial charge in [-0.05, 0) is 63.7 Å². The van der Waals surface area contributed by atoms with Crippen molar-refractivity contribution < 1.29 is 23.5 Å². The van der Waals surface area contributed by atoms with Crippen LogP contribution in [0.3, 0.4) is 0 Å². The zero-order valence-electron chi connectivity index (χ0n) is 22.3. The molecular weight excluding hydrogens is 448 g/mol. The first-order valence-electron chi connectivity index (χ1n) is 12.2. The van der Waals surface area contributed by atoms with Gasteiger partial charge in [-0.1, -0.05) is 51.1 Å². The second-order valence-corrected chi connectivity index (χ2v) is 16.6. The monoisotopic (exact) mass is 492 g/mol. The van der Waals surface area contributed by atoms with E-state index in [1.54, 1.807) is 4.90 Å². The molecule has 2 rings (SSSR count). The van der Waals surface area contributed by atoms with E-state index in [1.165, 1.54) is 0 Å². The van der Waals surface area contributed by atoms with Gasteiger partial charge in [-0.25, -0.2) is 9.59 Å². The SMILES string of the molecule is CC(C)(C)OC(=O)N1CCC(CCCO[Si](C)(C)C(C)(C)C)(NC(=O)OCc2ccccc2)C1. The lowest BCUT2D eigenvalue weighted by atomic mass is 9.92. The molecule has 0 saturated carbocycles. The number of benzene rings is 1. The highest BCUT2D eigenvalue weighted by atomic mass is 28.4. The fourth-order valence-corrected chi connectivity index (χ4v) is 4.74. The Bertz CT molecular complexity index is 817. The number of hydrogen-bond acceptors (Lipinski definition) is 5. The molecule has 192 valence electrons. The van der Waals surface area contributed by atoms with E-state index >= 15 is 0 Å². The highest BCUT2D eigenvalue weighted by Gasteiger charge is 2.43. The lowest BCUT2D eigenvalue weighted by Gasteiger charge is -2.37. The molecule has 7 nitrogen and oxygen atoms in total. The van der Waals surface area contributed by atoms with Crippen LogP contribution in [0.25, 0.3) is 0 Å². The Kier molecular flexibility index (Phi) is 9.21. The van der Waals surface area contributed by atoms with E-state index in [1.807, 2.05) is 51.1 Å². The third-order valence-electron chi connectivity index (χ3n) is 6.65. The van der Waals surface area contributed by atoms with Crippen molar-refractivity contribution >= 4 is 20.5 Å². The molecule has 1 saturated heterocycles. The average Bonchev–Trinajstić information content (AvgIpc) is 3.13. The van der Waals surface area contributed by atoms with Crippen LogP contribution >= 0.6 is 0 Å². The van der Waals surface area contributed by atoms with Gasteiger partial charge >= 0.3 is 12.2 Å². The normalized spacial score (nSPS) is 19.1. The van der Waals surface area contributed by atoms with Crippen molar-refractivity contribution in [2.45, 2.75) is 96.7 Å². The largest absolute Gasteiger partial charge is 0.445 e. The van der Waals surface area contributed by atoms with E-state index in [0.717, 1.165) is 12.0 Å². The van der Waals surface area contributed by atoms with Crippen LogP contribution in [-0.2, 0) is 20.5 Å². The van der Waals surface area contributed by atoms with E-state index < -0.39 is 25.6 Å². The molecule has 1 fully saturated rings. The van der Waals surface area contributed by atoms with Crippen molar-refractivity contribution in [1.82, 2.24) is 10.2 Å². The molecule has 34 heavy (non-hydrogen) atoms. The standard InChI is InChI=1S/C26H44N2O5Si/c1-24(2,3)33-23(30)28-17-16-26(20-28,15-12-18-32-34(7,8)25(4,5)6)27-22(29)31-19-21-13-10-9-11-14-21/h9-11,13-14H,12,15-20H2,1-8H3,(H,27,29). The lowest BCUT2D eigenvalue weighted by molar-refractivity contribution is 0.0276. The number of likely N-dealkylation sites (tertiary alicyclic amines) is 1. The zero-order chi connectivity index (χ0) is 25.6. The predicted octanol–water partition coefficient (Wildman–Crippen LogP) is 6.09. The third-order valence-corrected chi connectivity index (χ3v) is 11.2. The maximum atomic E-state index is 12.7. The summed E-state index contributed by atoms with van der Waals surface area (Å²) >= 11 is 0. The number of ether oxygens (including phenoxy) is 2. The Hall–Kier alpha value is -2.06. The number of alkyl carbamates (subject to hydrolysis) is 1. The topological polar surface area (TPSA) is 77.1 Å². The smallest absolute Gasteiger partial charge is 0.410 e. The van der Waals surface area contributed by atoms with Gasteiger partial charge in [-0.2, -0.15) is 0 Å². The van der Waals surface area contributed by atoms with Gasteiger partial charge in [0, 0.05) is 19.7 Å². The molecule has 1 aromatic carbocycles. The third kappa shape index (κ3) is 8.62.